The molecule has 0 aromatic heterocycles. The normalized spacial score (nSPS) is 12.6. The number of aliphatic carboxylic acids is 1. The maximum Gasteiger partial charge on any atom is 0.337 e. The molecule has 0 saturated heterocycles. The molecule has 0 bridgehead atoms. The molecule has 0 unspecified atom stereocenters. The van der Waals surface area contributed by atoms with Crippen LogP contribution in [0.3, 0.4) is 0 Å². The lowest BCUT2D eigenvalue weighted by atomic mass is 10.1. The largest absolute Gasteiger partial charge is 0.479 e. The van der Waals surface area contributed by atoms with E-state index in [1.54, 1.807) is 6.92 Å². The van der Waals surface area contributed by atoms with Gasteiger partial charge in [-0.3, -0.25) is 0 Å². The first-order valence-corrected chi connectivity index (χ1v) is 4.55. The van der Waals surface area contributed by atoms with Gasteiger partial charge < -0.3 is 10.2 Å². The molecular formula is C9H8Cl2O3. The van der Waals surface area contributed by atoms with E-state index in [1.165, 1.54) is 12.1 Å². The summed E-state index contributed by atoms with van der Waals surface area (Å²) in [7, 11) is 0. The molecule has 0 amide bonds. The molecule has 1 rings (SSSR count). The van der Waals surface area contributed by atoms with E-state index in [9.17, 15) is 9.90 Å². The van der Waals surface area contributed by atoms with Crippen LogP contribution < -0.4 is 0 Å². The van der Waals surface area contributed by atoms with E-state index in [0.29, 0.717) is 10.6 Å². The van der Waals surface area contributed by atoms with Crippen LogP contribution in [0.2, 0.25) is 10.0 Å². The van der Waals surface area contributed by atoms with Crippen LogP contribution in [0.25, 0.3) is 0 Å². The van der Waals surface area contributed by atoms with Gasteiger partial charge >= 0.3 is 5.97 Å². The summed E-state index contributed by atoms with van der Waals surface area (Å²) in [6.45, 7) is 1.69. The Labute approximate surface area is 90.9 Å². The smallest absolute Gasteiger partial charge is 0.337 e. The Morgan fingerprint density at radius 1 is 1.43 bits per heavy atom. The zero-order valence-electron chi connectivity index (χ0n) is 7.29. The average molecular weight is 235 g/mol. The van der Waals surface area contributed by atoms with Crippen molar-refractivity contribution >= 4 is 29.2 Å². The van der Waals surface area contributed by atoms with Crippen molar-refractivity contribution in [1.29, 1.82) is 0 Å². The molecule has 0 spiro atoms. The molecule has 14 heavy (non-hydrogen) atoms. The number of halogens is 2. The summed E-state index contributed by atoms with van der Waals surface area (Å²) in [6.07, 6.45) is -1.57. The molecule has 0 aliphatic heterocycles. The van der Waals surface area contributed by atoms with Crippen molar-refractivity contribution in [3.05, 3.63) is 33.3 Å². The van der Waals surface area contributed by atoms with Crippen LogP contribution in [0.5, 0.6) is 0 Å². The number of rotatable bonds is 2. The van der Waals surface area contributed by atoms with E-state index in [1.807, 2.05) is 0 Å². The van der Waals surface area contributed by atoms with Crippen molar-refractivity contribution in [3.63, 3.8) is 0 Å². The number of carbonyl (C=O) groups is 1. The Kier molecular flexibility index (Phi) is 3.37. The SMILES string of the molecule is Cc1cc([C@@H](O)C(=O)O)cc(Cl)c1Cl. The first-order chi connectivity index (χ1) is 6.43. The Morgan fingerprint density at radius 2 is 2.00 bits per heavy atom. The molecule has 2 N–H and O–H groups in total. The van der Waals surface area contributed by atoms with Crippen molar-refractivity contribution in [1.82, 2.24) is 0 Å². The van der Waals surface area contributed by atoms with Crippen LogP contribution in [0, 0.1) is 6.92 Å². The third-order valence-electron chi connectivity index (χ3n) is 1.78. The van der Waals surface area contributed by atoms with Gasteiger partial charge in [-0.1, -0.05) is 29.3 Å². The second-order valence-electron chi connectivity index (χ2n) is 2.87. The summed E-state index contributed by atoms with van der Waals surface area (Å²) in [5.41, 5.74) is 0.860. The number of hydrogen-bond donors (Lipinski definition) is 2. The molecule has 1 aromatic carbocycles. The summed E-state index contributed by atoms with van der Waals surface area (Å²) >= 11 is 11.5. The lowest BCUT2D eigenvalue weighted by Crippen LogP contribution is -2.10. The van der Waals surface area contributed by atoms with E-state index in [0.717, 1.165) is 0 Å². The van der Waals surface area contributed by atoms with Crippen LogP contribution in [-0.2, 0) is 4.79 Å². The fraction of sp³-hybridized carbons (Fsp3) is 0.222. The standard InChI is InChI=1S/C9H8Cl2O3/c1-4-2-5(8(12)9(13)14)3-6(10)7(4)11/h2-3,8,12H,1H3,(H,13,14)/t8-/m1/s1. The summed E-state index contributed by atoms with van der Waals surface area (Å²) < 4.78 is 0. The molecule has 1 atom stereocenters. The van der Waals surface area contributed by atoms with Crippen molar-refractivity contribution in [2.45, 2.75) is 13.0 Å². The van der Waals surface area contributed by atoms with Crippen LogP contribution in [0.4, 0.5) is 0 Å². The van der Waals surface area contributed by atoms with E-state index >= 15 is 0 Å². The lowest BCUT2D eigenvalue weighted by molar-refractivity contribution is -0.146. The van der Waals surface area contributed by atoms with Gasteiger partial charge in [0.05, 0.1) is 10.0 Å². The highest BCUT2D eigenvalue weighted by Crippen LogP contribution is 2.29. The van der Waals surface area contributed by atoms with Gasteiger partial charge in [-0.15, -0.1) is 0 Å². The molecule has 0 heterocycles. The molecule has 0 radical (unpaired) electrons. The van der Waals surface area contributed by atoms with E-state index < -0.39 is 12.1 Å². The van der Waals surface area contributed by atoms with Crippen LogP contribution >= 0.6 is 23.2 Å². The van der Waals surface area contributed by atoms with E-state index in [2.05, 4.69) is 0 Å². The van der Waals surface area contributed by atoms with Crippen LogP contribution in [0.1, 0.15) is 17.2 Å². The molecule has 1 aromatic rings. The zero-order valence-corrected chi connectivity index (χ0v) is 8.80. The van der Waals surface area contributed by atoms with Gasteiger partial charge in [-0.05, 0) is 24.1 Å². The van der Waals surface area contributed by atoms with Crippen molar-refractivity contribution in [2.75, 3.05) is 0 Å². The maximum atomic E-state index is 10.5. The Balaban J connectivity index is 3.19. The minimum atomic E-state index is -1.57. The molecule has 0 saturated carbocycles. The predicted molar refractivity (Wildman–Crippen MR) is 53.8 cm³/mol. The van der Waals surface area contributed by atoms with Gasteiger partial charge in [-0.25, -0.2) is 4.79 Å². The molecule has 0 aliphatic rings. The second kappa shape index (κ2) is 4.17. The second-order valence-corrected chi connectivity index (χ2v) is 3.66. The zero-order chi connectivity index (χ0) is 10.9. The van der Waals surface area contributed by atoms with Gasteiger partial charge in [0.1, 0.15) is 0 Å². The molecule has 76 valence electrons. The van der Waals surface area contributed by atoms with Crippen LogP contribution in [-0.4, -0.2) is 16.2 Å². The van der Waals surface area contributed by atoms with Gasteiger partial charge in [0.25, 0.3) is 0 Å². The summed E-state index contributed by atoms with van der Waals surface area (Å²) in [5, 5.41) is 18.4. The minimum absolute atomic E-state index is 0.226. The summed E-state index contributed by atoms with van der Waals surface area (Å²) in [5.74, 6) is -1.32. The van der Waals surface area contributed by atoms with Crippen LogP contribution in [0.15, 0.2) is 12.1 Å². The predicted octanol–water partition coefficient (Wildman–Crippen LogP) is 2.42. The number of aliphatic hydroxyl groups is 1. The first-order valence-electron chi connectivity index (χ1n) is 3.80. The Bertz CT molecular complexity index is 353. The number of aliphatic hydroxyl groups excluding tert-OH is 1. The fourth-order valence-electron chi connectivity index (χ4n) is 1.05. The quantitative estimate of drug-likeness (QED) is 0.827. The maximum absolute atomic E-state index is 10.5. The molecular weight excluding hydrogens is 227 g/mol. The van der Waals surface area contributed by atoms with Crippen molar-refractivity contribution in [2.24, 2.45) is 0 Å². The average Bonchev–Trinajstić information content (AvgIpc) is 2.12. The highest BCUT2D eigenvalue weighted by atomic mass is 35.5. The molecule has 5 heteroatoms. The highest BCUT2D eigenvalue weighted by Gasteiger charge is 2.17. The third kappa shape index (κ3) is 2.18. The van der Waals surface area contributed by atoms with Gasteiger partial charge in [0, 0.05) is 0 Å². The topological polar surface area (TPSA) is 57.5 Å². The third-order valence-corrected chi connectivity index (χ3v) is 2.68. The summed E-state index contributed by atoms with van der Waals surface area (Å²) in [4.78, 5) is 10.5. The number of benzene rings is 1. The molecule has 3 nitrogen and oxygen atoms in total. The fourth-order valence-corrected chi connectivity index (χ4v) is 1.44. The first kappa shape index (κ1) is 11.3. The number of carboxylic acids is 1. The monoisotopic (exact) mass is 234 g/mol. The summed E-state index contributed by atoms with van der Waals surface area (Å²) in [6, 6.07) is 2.84. The lowest BCUT2D eigenvalue weighted by Gasteiger charge is -2.09. The van der Waals surface area contributed by atoms with E-state index in [-0.39, 0.29) is 10.6 Å². The number of aryl methyl sites for hydroxylation is 1. The minimum Gasteiger partial charge on any atom is -0.479 e. The van der Waals surface area contributed by atoms with Gasteiger partial charge in [0.2, 0.25) is 0 Å². The van der Waals surface area contributed by atoms with Crippen molar-refractivity contribution in [3.8, 4) is 0 Å². The highest BCUT2D eigenvalue weighted by molar-refractivity contribution is 6.42. The molecule has 0 fully saturated rings. The Hall–Kier alpha value is -0.770. The number of hydrogen-bond acceptors (Lipinski definition) is 2. The van der Waals surface area contributed by atoms with E-state index in [4.69, 9.17) is 28.3 Å². The number of carboxylic acid groups (broad SMARTS) is 1. The van der Waals surface area contributed by atoms with Crippen molar-refractivity contribution < 1.29 is 15.0 Å². The van der Waals surface area contributed by atoms with Gasteiger partial charge in [0.15, 0.2) is 6.10 Å². The van der Waals surface area contributed by atoms with Gasteiger partial charge in [-0.2, -0.15) is 0 Å². The molecule has 0 aliphatic carbocycles. The Morgan fingerprint density at radius 3 is 2.43 bits per heavy atom.